The number of nitrogens with zero attached hydrogens (tertiary/aromatic N) is 1. The minimum atomic E-state index is -2.45. The van der Waals surface area contributed by atoms with E-state index in [0.29, 0.717) is 12.3 Å². The van der Waals surface area contributed by atoms with Crippen molar-refractivity contribution in [3.63, 3.8) is 0 Å². The molecule has 26 heavy (non-hydrogen) atoms. The van der Waals surface area contributed by atoms with Crippen LogP contribution in [0.4, 0.5) is 5.69 Å². The number of benzene rings is 1. The summed E-state index contributed by atoms with van der Waals surface area (Å²) >= 11 is -2.45. The average molecular weight is 380 g/mol. The lowest BCUT2D eigenvalue weighted by molar-refractivity contribution is -0.133. The summed E-state index contributed by atoms with van der Waals surface area (Å²) in [6.45, 7) is 3.60. The lowest BCUT2D eigenvalue weighted by Gasteiger charge is -2.34. The molecule has 3 rings (SSSR count). The normalized spacial score (nSPS) is 18.2. The number of rotatable bonds is 4. The predicted molar refractivity (Wildman–Crippen MR) is 98.7 cm³/mol. The molecule has 0 spiro atoms. The molecule has 3 N–H and O–H groups in total. The maximum Gasteiger partial charge on any atom is 0.269 e. The van der Waals surface area contributed by atoms with E-state index in [1.165, 1.54) is 19.4 Å². The Labute approximate surface area is 155 Å². The molecule has 7 nitrogen and oxygen atoms in total. The van der Waals surface area contributed by atoms with E-state index in [4.69, 9.17) is 9.94 Å². The highest BCUT2D eigenvalue weighted by molar-refractivity contribution is 7.80. The second-order valence-electron chi connectivity index (χ2n) is 7.14. The van der Waals surface area contributed by atoms with Crippen molar-refractivity contribution in [1.82, 2.24) is 5.48 Å². The number of carbonyl (C=O) groups is 1. The van der Waals surface area contributed by atoms with Gasteiger partial charge in [-0.3, -0.25) is 18.9 Å². The predicted octanol–water partition coefficient (Wildman–Crippen LogP) is 2.77. The van der Waals surface area contributed by atoms with Crippen LogP contribution in [0, 0.1) is 0 Å². The number of hydroxylamine groups is 1. The molecule has 1 atom stereocenters. The molecule has 0 radical (unpaired) electrons. The molecule has 0 fully saturated rings. The second kappa shape index (κ2) is 7.38. The Balaban J connectivity index is 2.02. The van der Waals surface area contributed by atoms with Gasteiger partial charge in [-0.05, 0) is 69.2 Å². The van der Waals surface area contributed by atoms with Crippen molar-refractivity contribution in [2.24, 2.45) is 0 Å². The SMILES string of the molecule is CC(C)(C(=O)NO)N(c1ccc2c(c1)C1=C(CCCCCO1)C2)S(=O)O. The van der Waals surface area contributed by atoms with Gasteiger partial charge >= 0.3 is 0 Å². The Kier molecular flexibility index (Phi) is 5.36. The summed E-state index contributed by atoms with van der Waals surface area (Å²) in [5, 5.41) is 8.98. The zero-order valence-corrected chi connectivity index (χ0v) is 15.8. The van der Waals surface area contributed by atoms with Crippen LogP contribution in [0.15, 0.2) is 23.8 Å². The number of hydrogen-bond donors (Lipinski definition) is 3. The minimum absolute atomic E-state index is 0.414. The van der Waals surface area contributed by atoms with E-state index in [1.807, 2.05) is 6.07 Å². The third kappa shape index (κ3) is 3.36. The first-order chi connectivity index (χ1) is 12.4. The number of anilines is 1. The molecule has 0 saturated heterocycles. The van der Waals surface area contributed by atoms with Crippen LogP contribution < -0.4 is 9.79 Å². The van der Waals surface area contributed by atoms with E-state index >= 15 is 0 Å². The van der Waals surface area contributed by atoms with Crippen LogP contribution in [0.5, 0.6) is 0 Å². The highest BCUT2D eigenvalue weighted by Gasteiger charge is 2.39. The molecule has 1 heterocycles. The summed E-state index contributed by atoms with van der Waals surface area (Å²) in [5.74, 6) is 0.0946. The van der Waals surface area contributed by atoms with Gasteiger partial charge in [-0.1, -0.05) is 6.07 Å². The molecule has 142 valence electrons. The molecular weight excluding hydrogens is 356 g/mol. The Morgan fingerprint density at radius 1 is 1.31 bits per heavy atom. The molecule has 0 bridgehead atoms. The van der Waals surface area contributed by atoms with Crippen molar-refractivity contribution >= 4 is 28.6 Å². The van der Waals surface area contributed by atoms with Crippen LogP contribution in [0.1, 0.15) is 50.7 Å². The third-order valence-electron chi connectivity index (χ3n) is 4.99. The molecule has 8 heteroatoms. The van der Waals surface area contributed by atoms with Crippen LogP contribution in [-0.4, -0.2) is 32.0 Å². The second-order valence-corrected chi connectivity index (χ2v) is 7.96. The fourth-order valence-electron chi connectivity index (χ4n) is 3.57. The Morgan fingerprint density at radius 2 is 2.08 bits per heavy atom. The van der Waals surface area contributed by atoms with Crippen molar-refractivity contribution in [3.8, 4) is 0 Å². The highest BCUT2D eigenvalue weighted by Crippen LogP contribution is 2.40. The van der Waals surface area contributed by atoms with Crippen molar-refractivity contribution < 1.29 is 23.5 Å². The van der Waals surface area contributed by atoms with E-state index in [-0.39, 0.29) is 0 Å². The van der Waals surface area contributed by atoms with Gasteiger partial charge in [-0.15, -0.1) is 0 Å². The van der Waals surface area contributed by atoms with Gasteiger partial charge in [0.05, 0.1) is 12.3 Å². The molecule has 1 aliphatic heterocycles. The molecule has 0 aromatic heterocycles. The van der Waals surface area contributed by atoms with Crippen molar-refractivity contribution in [3.05, 3.63) is 34.9 Å². The van der Waals surface area contributed by atoms with E-state index in [0.717, 1.165) is 53.3 Å². The number of hydrogen-bond acceptors (Lipinski definition) is 4. The Bertz CT molecular complexity index is 775. The monoisotopic (exact) mass is 380 g/mol. The van der Waals surface area contributed by atoms with Gasteiger partial charge in [0.2, 0.25) is 0 Å². The minimum Gasteiger partial charge on any atom is -0.493 e. The van der Waals surface area contributed by atoms with Crippen molar-refractivity contribution in [2.75, 3.05) is 10.9 Å². The Morgan fingerprint density at radius 3 is 2.77 bits per heavy atom. The van der Waals surface area contributed by atoms with Crippen LogP contribution in [0.2, 0.25) is 0 Å². The van der Waals surface area contributed by atoms with E-state index in [9.17, 15) is 13.6 Å². The first-order valence-electron chi connectivity index (χ1n) is 8.70. The van der Waals surface area contributed by atoms with Gasteiger partial charge in [0.25, 0.3) is 17.2 Å². The van der Waals surface area contributed by atoms with Crippen LogP contribution in [0.25, 0.3) is 5.76 Å². The third-order valence-corrected chi connectivity index (χ3v) is 5.97. The number of fused-ring (bicyclic) bond motifs is 2. The number of carbonyl (C=O) groups excluding carboxylic acids is 1. The van der Waals surface area contributed by atoms with Gasteiger partial charge in [0.15, 0.2) is 0 Å². The summed E-state index contributed by atoms with van der Waals surface area (Å²) < 4.78 is 28.8. The summed E-state index contributed by atoms with van der Waals surface area (Å²) in [7, 11) is 0. The quantitative estimate of drug-likeness (QED) is 0.424. The molecule has 1 aromatic rings. The zero-order chi connectivity index (χ0) is 18.9. The fraction of sp³-hybridized carbons (Fsp3) is 0.500. The maximum atomic E-state index is 12.0. The standard InChI is InChI=1S/C18H24N2O5S/c1-18(2,17(21)19-22)20(26(23)24)14-8-7-12-10-13-6-4-3-5-9-25-16(13)15(12)11-14/h7-8,11,22H,3-6,9-10H2,1-2H3,(H,19,21)(H,23,24). The first kappa shape index (κ1) is 18.9. The number of ether oxygens (including phenoxy) is 1. The van der Waals surface area contributed by atoms with Crippen molar-refractivity contribution in [2.45, 2.75) is 51.5 Å². The number of amides is 1. The van der Waals surface area contributed by atoms with Crippen molar-refractivity contribution in [1.29, 1.82) is 0 Å². The number of allylic oxidation sites excluding steroid dienone is 1. The van der Waals surface area contributed by atoms with Crippen LogP contribution in [-0.2, 0) is 27.2 Å². The number of nitrogens with one attached hydrogen (secondary N) is 1. The summed E-state index contributed by atoms with van der Waals surface area (Å²) in [6.07, 6.45) is 5.13. The lowest BCUT2D eigenvalue weighted by atomic mass is 10.0. The van der Waals surface area contributed by atoms with Gasteiger partial charge in [-0.25, -0.2) is 9.69 Å². The zero-order valence-electron chi connectivity index (χ0n) is 14.9. The molecule has 1 aromatic carbocycles. The van der Waals surface area contributed by atoms with Gasteiger partial charge in [0.1, 0.15) is 11.3 Å². The molecule has 1 amide bonds. The molecule has 2 aliphatic rings. The summed E-state index contributed by atoms with van der Waals surface area (Å²) in [5.41, 5.74) is 3.84. The van der Waals surface area contributed by atoms with E-state index < -0.39 is 22.7 Å². The smallest absolute Gasteiger partial charge is 0.269 e. The lowest BCUT2D eigenvalue weighted by Crippen LogP contribution is -2.55. The maximum absolute atomic E-state index is 12.0. The topological polar surface area (TPSA) is 99.1 Å². The molecular formula is C18H24N2O5S. The molecule has 0 saturated carbocycles. The first-order valence-corrected chi connectivity index (χ1v) is 9.76. The van der Waals surface area contributed by atoms with E-state index in [1.54, 1.807) is 17.6 Å². The fourth-order valence-corrected chi connectivity index (χ4v) is 4.33. The highest BCUT2D eigenvalue weighted by atomic mass is 32.2. The molecule has 1 aliphatic carbocycles. The van der Waals surface area contributed by atoms with Crippen LogP contribution in [0.3, 0.4) is 0 Å². The molecule has 1 unspecified atom stereocenters. The van der Waals surface area contributed by atoms with Gasteiger partial charge in [0, 0.05) is 5.56 Å². The van der Waals surface area contributed by atoms with Crippen LogP contribution >= 0.6 is 0 Å². The summed E-state index contributed by atoms with van der Waals surface area (Å²) in [6, 6.07) is 5.42. The van der Waals surface area contributed by atoms with Gasteiger partial charge < -0.3 is 4.74 Å². The van der Waals surface area contributed by atoms with Gasteiger partial charge in [-0.2, -0.15) is 0 Å². The largest absolute Gasteiger partial charge is 0.493 e. The summed E-state index contributed by atoms with van der Waals surface area (Å²) in [4.78, 5) is 12.0. The van der Waals surface area contributed by atoms with E-state index in [2.05, 4.69) is 0 Å². The Hall–Kier alpha value is -1.90. The average Bonchev–Trinajstić information content (AvgIpc) is 2.89.